The summed E-state index contributed by atoms with van der Waals surface area (Å²) in [5.41, 5.74) is 1.76. The van der Waals surface area contributed by atoms with Crippen LogP contribution in [-0.4, -0.2) is 39.7 Å². The van der Waals surface area contributed by atoms with Crippen LogP contribution in [0, 0.1) is 12.7 Å². The number of fused-ring (bicyclic) bond motifs is 1. The lowest BCUT2D eigenvalue weighted by atomic mass is 10.1. The van der Waals surface area contributed by atoms with E-state index in [1.807, 2.05) is 4.90 Å². The first kappa shape index (κ1) is 19.1. The van der Waals surface area contributed by atoms with Crippen molar-refractivity contribution in [2.24, 2.45) is 0 Å². The van der Waals surface area contributed by atoms with E-state index in [1.165, 1.54) is 30.5 Å². The number of nitrogens with zero attached hydrogens (tertiary/aromatic N) is 2. The van der Waals surface area contributed by atoms with E-state index in [2.05, 4.69) is 4.98 Å². The molecule has 2 aromatic carbocycles. The monoisotopic (exact) mass is 420 g/mol. The van der Waals surface area contributed by atoms with Gasteiger partial charge in [-0.05, 0) is 42.8 Å². The van der Waals surface area contributed by atoms with Gasteiger partial charge in [-0.25, -0.2) is 12.8 Å². The van der Waals surface area contributed by atoms with E-state index >= 15 is 0 Å². The van der Waals surface area contributed by atoms with E-state index < -0.39 is 15.7 Å². The average Bonchev–Trinajstić information content (AvgIpc) is 2.69. The van der Waals surface area contributed by atoms with Gasteiger partial charge in [0.05, 0.1) is 29.3 Å². The molecule has 0 amide bonds. The second-order valence-corrected chi connectivity index (χ2v) is 8.97. The molecule has 0 bridgehead atoms. The summed E-state index contributed by atoms with van der Waals surface area (Å²) in [5.74, 6) is -0.447. The van der Waals surface area contributed by atoms with Crippen LogP contribution in [0.3, 0.4) is 0 Å². The third-order valence-electron chi connectivity index (χ3n) is 4.84. The fourth-order valence-corrected chi connectivity index (χ4v) is 5.01. The molecule has 2 heterocycles. The molecule has 1 saturated heterocycles. The van der Waals surface area contributed by atoms with Crippen molar-refractivity contribution in [3.8, 4) is 0 Å². The van der Waals surface area contributed by atoms with Crippen LogP contribution in [0.15, 0.2) is 52.4 Å². The first-order chi connectivity index (χ1) is 13.4. The molecule has 8 heteroatoms. The number of halogens is 2. The van der Waals surface area contributed by atoms with Crippen molar-refractivity contribution >= 4 is 38.0 Å². The van der Waals surface area contributed by atoms with Crippen molar-refractivity contribution in [3.63, 3.8) is 0 Å². The summed E-state index contributed by atoms with van der Waals surface area (Å²) in [6.07, 6.45) is 1.34. The molecule has 146 valence electrons. The molecule has 0 aliphatic carbocycles. The van der Waals surface area contributed by atoms with Crippen LogP contribution in [-0.2, 0) is 14.6 Å². The Labute approximate surface area is 167 Å². The highest BCUT2D eigenvalue weighted by Crippen LogP contribution is 2.37. The smallest absolute Gasteiger partial charge is 0.210 e. The van der Waals surface area contributed by atoms with Crippen LogP contribution in [0.5, 0.6) is 0 Å². The van der Waals surface area contributed by atoms with Gasteiger partial charge < -0.3 is 9.64 Å². The third-order valence-corrected chi connectivity index (χ3v) is 7.00. The lowest BCUT2D eigenvalue weighted by Gasteiger charge is -2.31. The molecule has 4 rings (SSSR count). The lowest BCUT2D eigenvalue weighted by Crippen LogP contribution is -2.37. The minimum Gasteiger partial charge on any atom is -0.378 e. The van der Waals surface area contributed by atoms with Crippen molar-refractivity contribution in [1.29, 1.82) is 0 Å². The lowest BCUT2D eigenvalue weighted by molar-refractivity contribution is 0.122. The predicted octanol–water partition coefficient (Wildman–Crippen LogP) is 4.01. The molecule has 0 spiro atoms. The fourth-order valence-electron chi connectivity index (χ4n) is 3.31. The van der Waals surface area contributed by atoms with Gasteiger partial charge in [-0.1, -0.05) is 17.7 Å². The highest BCUT2D eigenvalue weighted by Gasteiger charge is 2.28. The van der Waals surface area contributed by atoms with Crippen molar-refractivity contribution in [1.82, 2.24) is 4.98 Å². The molecular weight excluding hydrogens is 403 g/mol. The minimum absolute atomic E-state index is 0.0346. The average molecular weight is 421 g/mol. The minimum atomic E-state index is -3.91. The quantitative estimate of drug-likeness (QED) is 0.640. The largest absolute Gasteiger partial charge is 0.378 e. The van der Waals surface area contributed by atoms with E-state index in [4.69, 9.17) is 16.3 Å². The number of benzene rings is 2. The van der Waals surface area contributed by atoms with Crippen LogP contribution in [0.25, 0.3) is 10.9 Å². The maximum Gasteiger partial charge on any atom is 0.210 e. The van der Waals surface area contributed by atoms with Gasteiger partial charge in [-0.15, -0.1) is 0 Å². The van der Waals surface area contributed by atoms with Crippen LogP contribution < -0.4 is 4.90 Å². The number of morpholine rings is 1. The number of sulfone groups is 1. The van der Waals surface area contributed by atoms with Crippen LogP contribution >= 0.6 is 11.6 Å². The molecule has 1 aromatic heterocycles. The van der Waals surface area contributed by atoms with E-state index in [-0.39, 0.29) is 9.79 Å². The summed E-state index contributed by atoms with van der Waals surface area (Å²) < 4.78 is 46.3. The molecular formula is C20H18ClFN2O3S. The Morgan fingerprint density at radius 1 is 1.14 bits per heavy atom. The van der Waals surface area contributed by atoms with Crippen LogP contribution in [0.1, 0.15) is 5.56 Å². The number of pyridine rings is 1. The topological polar surface area (TPSA) is 59.5 Å². The molecule has 0 atom stereocenters. The first-order valence-electron chi connectivity index (χ1n) is 8.80. The molecule has 0 radical (unpaired) electrons. The number of rotatable bonds is 3. The molecule has 5 nitrogen and oxygen atoms in total. The maximum absolute atomic E-state index is 14.0. The van der Waals surface area contributed by atoms with Crippen LogP contribution in [0.4, 0.5) is 10.1 Å². The number of ether oxygens (including phenoxy) is 1. The molecule has 1 aliphatic rings. The summed E-state index contributed by atoms with van der Waals surface area (Å²) in [4.78, 5) is 6.30. The van der Waals surface area contributed by atoms with Gasteiger partial charge in [0.15, 0.2) is 0 Å². The van der Waals surface area contributed by atoms with Crippen molar-refractivity contribution in [3.05, 3.63) is 59.0 Å². The molecule has 1 aliphatic heterocycles. The summed E-state index contributed by atoms with van der Waals surface area (Å²) in [7, 11) is -3.91. The summed E-state index contributed by atoms with van der Waals surface area (Å²) >= 11 is 6.16. The zero-order valence-electron chi connectivity index (χ0n) is 15.2. The zero-order valence-corrected chi connectivity index (χ0v) is 16.7. The SMILES string of the molecule is Cc1ccc(S(=O)(=O)c2cnc3ccc(F)cc3c2N2CCOCC2)cc1Cl. The Kier molecular flexibility index (Phi) is 4.99. The molecule has 0 N–H and O–H groups in total. The van der Waals surface area contributed by atoms with E-state index in [0.717, 1.165) is 5.56 Å². The van der Waals surface area contributed by atoms with E-state index in [9.17, 15) is 12.8 Å². The summed E-state index contributed by atoms with van der Waals surface area (Å²) in [6, 6.07) is 8.81. The van der Waals surface area contributed by atoms with Gasteiger partial charge in [-0.2, -0.15) is 0 Å². The van der Waals surface area contributed by atoms with E-state index in [0.29, 0.717) is 47.9 Å². The summed E-state index contributed by atoms with van der Waals surface area (Å²) in [5, 5.41) is 0.829. The Balaban J connectivity index is 1.98. The van der Waals surface area contributed by atoms with Gasteiger partial charge in [0.25, 0.3) is 0 Å². The van der Waals surface area contributed by atoms with Crippen molar-refractivity contribution in [2.45, 2.75) is 16.7 Å². The molecule has 0 unspecified atom stereocenters. The van der Waals surface area contributed by atoms with Crippen LogP contribution in [0.2, 0.25) is 5.02 Å². The second kappa shape index (κ2) is 7.31. The second-order valence-electron chi connectivity index (χ2n) is 6.65. The number of aromatic nitrogens is 1. The highest BCUT2D eigenvalue weighted by atomic mass is 35.5. The zero-order chi connectivity index (χ0) is 19.9. The Morgan fingerprint density at radius 3 is 2.61 bits per heavy atom. The summed E-state index contributed by atoms with van der Waals surface area (Å²) in [6.45, 7) is 3.75. The van der Waals surface area contributed by atoms with Gasteiger partial charge >= 0.3 is 0 Å². The maximum atomic E-state index is 14.0. The predicted molar refractivity (Wildman–Crippen MR) is 106 cm³/mol. The number of anilines is 1. The van der Waals surface area contributed by atoms with Gasteiger partial charge in [-0.3, -0.25) is 4.98 Å². The van der Waals surface area contributed by atoms with Gasteiger partial charge in [0.2, 0.25) is 9.84 Å². The highest BCUT2D eigenvalue weighted by molar-refractivity contribution is 7.91. The Morgan fingerprint density at radius 2 is 1.89 bits per heavy atom. The number of aryl methyl sites for hydroxylation is 1. The van der Waals surface area contributed by atoms with Gasteiger partial charge in [0.1, 0.15) is 10.7 Å². The standard InChI is InChI=1S/C20H18ClFN2O3S/c1-13-2-4-15(11-17(13)21)28(25,26)19-12-23-18-5-3-14(22)10-16(18)20(19)24-6-8-27-9-7-24/h2-5,10-12H,6-9H2,1H3. The molecule has 0 saturated carbocycles. The fraction of sp³-hybridized carbons (Fsp3) is 0.250. The Hall–Kier alpha value is -2.22. The number of hydrogen-bond donors (Lipinski definition) is 0. The molecule has 1 fully saturated rings. The van der Waals surface area contributed by atoms with Crippen molar-refractivity contribution in [2.75, 3.05) is 31.2 Å². The molecule has 3 aromatic rings. The normalized spacial score (nSPS) is 15.2. The third kappa shape index (κ3) is 3.34. The van der Waals surface area contributed by atoms with Crippen molar-refractivity contribution < 1.29 is 17.5 Å². The van der Waals surface area contributed by atoms with Gasteiger partial charge in [0, 0.05) is 29.7 Å². The Bertz CT molecular complexity index is 1160. The first-order valence-corrected chi connectivity index (χ1v) is 10.7. The van der Waals surface area contributed by atoms with E-state index in [1.54, 1.807) is 19.1 Å². The number of hydrogen-bond acceptors (Lipinski definition) is 5. The molecule has 28 heavy (non-hydrogen) atoms.